The second-order valence-corrected chi connectivity index (χ2v) is 12.5. The monoisotopic (exact) mass is 659 g/mol. The third-order valence-electron chi connectivity index (χ3n) is 9.54. The van der Waals surface area contributed by atoms with Crippen LogP contribution >= 0.6 is 0 Å². The topological polar surface area (TPSA) is 60.0 Å². The van der Waals surface area contributed by atoms with Crippen LogP contribution in [0.15, 0.2) is 73.1 Å². The minimum absolute atomic E-state index is 0.0292. The van der Waals surface area contributed by atoms with E-state index in [0.29, 0.717) is 50.0 Å². The summed E-state index contributed by atoms with van der Waals surface area (Å²) in [5.41, 5.74) is -2.12. The minimum Gasteiger partial charge on any atom is -0.335 e. The molecule has 0 saturated carbocycles. The van der Waals surface area contributed by atoms with Gasteiger partial charge in [0.15, 0.2) is 0 Å². The molecule has 6 rings (SSSR count). The lowest BCUT2D eigenvalue weighted by Crippen LogP contribution is -2.65. The summed E-state index contributed by atoms with van der Waals surface area (Å²) in [4.78, 5) is 38.5. The maximum atomic E-state index is 13.7. The number of carbonyl (C=O) groups is 2. The Morgan fingerprint density at radius 1 is 0.723 bits per heavy atom. The number of hydrogen-bond acceptors (Lipinski definition) is 5. The van der Waals surface area contributed by atoms with Crippen molar-refractivity contribution in [2.24, 2.45) is 0 Å². The molecule has 2 atom stereocenters. The average molecular weight is 660 g/mol. The summed E-state index contributed by atoms with van der Waals surface area (Å²) in [5.74, 6) is -0.861. The van der Waals surface area contributed by atoms with Gasteiger partial charge in [-0.15, -0.1) is 0 Å². The van der Waals surface area contributed by atoms with E-state index in [1.165, 1.54) is 4.90 Å². The first-order valence-corrected chi connectivity index (χ1v) is 15.7. The summed E-state index contributed by atoms with van der Waals surface area (Å²) in [6.45, 7) is 4.71. The molecule has 250 valence electrons. The van der Waals surface area contributed by atoms with Gasteiger partial charge in [0.05, 0.1) is 16.7 Å². The first-order valence-electron chi connectivity index (χ1n) is 15.7. The maximum Gasteiger partial charge on any atom is 0.416 e. The lowest BCUT2D eigenvalue weighted by Gasteiger charge is -2.50. The predicted molar refractivity (Wildman–Crippen MR) is 162 cm³/mol. The molecule has 47 heavy (non-hydrogen) atoms. The Bertz CT molecular complexity index is 1520. The van der Waals surface area contributed by atoms with Crippen molar-refractivity contribution in [3.05, 3.63) is 101 Å². The Balaban J connectivity index is 1.12. The van der Waals surface area contributed by atoms with Crippen LogP contribution in [0.1, 0.15) is 50.2 Å². The smallest absolute Gasteiger partial charge is 0.335 e. The molecular formula is C34H35F6N5O2. The van der Waals surface area contributed by atoms with Gasteiger partial charge in [-0.05, 0) is 55.2 Å². The van der Waals surface area contributed by atoms with Gasteiger partial charge in [0.1, 0.15) is 0 Å². The number of piperazine rings is 1. The van der Waals surface area contributed by atoms with Gasteiger partial charge in [-0.1, -0.05) is 30.3 Å². The number of benzene rings is 2. The summed E-state index contributed by atoms with van der Waals surface area (Å²) < 4.78 is 81.4. The Morgan fingerprint density at radius 2 is 1.34 bits per heavy atom. The third kappa shape index (κ3) is 7.46. The number of nitrogens with zero attached hydrogens (tertiary/aromatic N) is 5. The van der Waals surface area contributed by atoms with Crippen molar-refractivity contribution in [1.29, 1.82) is 0 Å². The number of alkyl halides is 6. The largest absolute Gasteiger partial charge is 0.416 e. The summed E-state index contributed by atoms with van der Waals surface area (Å²) >= 11 is 0. The number of aromatic nitrogens is 1. The first-order chi connectivity index (χ1) is 22.4. The molecule has 3 fully saturated rings. The van der Waals surface area contributed by atoms with Crippen molar-refractivity contribution < 1.29 is 35.9 Å². The SMILES string of the molecule is O=C(c1cccnc1)N1CC(N2CCN([C@H]3CCN(C(=O)c4cc(C(F)(F)F)cc(C(F)(F)F)c4)[C@H](Cc4ccccc4)C3)CC2)C1. The molecule has 4 heterocycles. The van der Waals surface area contributed by atoms with Crippen LogP contribution in [-0.2, 0) is 18.8 Å². The fourth-order valence-corrected chi connectivity index (χ4v) is 6.94. The van der Waals surface area contributed by atoms with Crippen molar-refractivity contribution in [1.82, 2.24) is 24.6 Å². The van der Waals surface area contributed by atoms with Gasteiger partial charge in [-0.25, -0.2) is 0 Å². The highest BCUT2D eigenvalue weighted by Gasteiger charge is 2.41. The number of likely N-dealkylation sites (tertiary alicyclic amines) is 2. The second kappa shape index (κ2) is 13.3. The molecule has 1 aromatic heterocycles. The van der Waals surface area contributed by atoms with Gasteiger partial charge in [-0.3, -0.25) is 24.4 Å². The van der Waals surface area contributed by atoms with Crippen LogP contribution in [-0.4, -0.2) is 100 Å². The Hall–Kier alpha value is -3.97. The van der Waals surface area contributed by atoms with E-state index in [-0.39, 0.29) is 30.6 Å². The average Bonchev–Trinajstić information content (AvgIpc) is 3.04. The Morgan fingerprint density at radius 3 is 1.91 bits per heavy atom. The quantitative estimate of drug-likeness (QED) is 0.329. The maximum absolute atomic E-state index is 13.7. The zero-order valence-electron chi connectivity index (χ0n) is 25.6. The molecule has 7 nitrogen and oxygen atoms in total. The van der Waals surface area contributed by atoms with Crippen LogP contribution in [0, 0.1) is 0 Å². The van der Waals surface area contributed by atoms with Crippen molar-refractivity contribution in [2.45, 2.75) is 49.7 Å². The number of rotatable bonds is 6. The van der Waals surface area contributed by atoms with Crippen LogP contribution in [0.2, 0.25) is 0 Å². The zero-order chi connectivity index (χ0) is 33.3. The summed E-state index contributed by atoms with van der Waals surface area (Å²) in [7, 11) is 0. The van der Waals surface area contributed by atoms with Crippen molar-refractivity contribution in [3.8, 4) is 0 Å². The van der Waals surface area contributed by atoms with Gasteiger partial charge < -0.3 is 9.80 Å². The van der Waals surface area contributed by atoms with E-state index in [4.69, 9.17) is 0 Å². The Kier molecular flexibility index (Phi) is 9.30. The molecular weight excluding hydrogens is 624 g/mol. The van der Waals surface area contributed by atoms with Crippen LogP contribution in [0.25, 0.3) is 0 Å². The molecule has 2 amide bonds. The number of amides is 2. The summed E-state index contributed by atoms with van der Waals surface area (Å²) in [6, 6.07) is 13.9. The van der Waals surface area contributed by atoms with Crippen LogP contribution in [0.3, 0.4) is 0 Å². The molecule has 3 saturated heterocycles. The molecule has 0 spiro atoms. The van der Waals surface area contributed by atoms with Gasteiger partial charge in [0.25, 0.3) is 11.8 Å². The molecule has 0 radical (unpaired) electrons. The van der Waals surface area contributed by atoms with E-state index < -0.39 is 41.0 Å². The van der Waals surface area contributed by atoms with E-state index in [2.05, 4.69) is 14.8 Å². The first kappa shape index (κ1) is 33.0. The number of piperidine rings is 1. The fraction of sp³-hybridized carbons (Fsp3) is 0.441. The number of halogens is 6. The second-order valence-electron chi connectivity index (χ2n) is 12.5. The number of carbonyl (C=O) groups excluding carboxylic acids is 2. The highest BCUT2D eigenvalue weighted by molar-refractivity contribution is 5.95. The third-order valence-corrected chi connectivity index (χ3v) is 9.54. The predicted octanol–water partition coefficient (Wildman–Crippen LogP) is 5.48. The van der Waals surface area contributed by atoms with E-state index in [1.54, 1.807) is 24.5 Å². The van der Waals surface area contributed by atoms with E-state index >= 15 is 0 Å². The molecule has 3 aliphatic heterocycles. The number of pyridine rings is 1. The van der Waals surface area contributed by atoms with Gasteiger partial charge in [-0.2, -0.15) is 26.3 Å². The lowest BCUT2D eigenvalue weighted by atomic mass is 9.90. The molecule has 0 N–H and O–H groups in total. The van der Waals surface area contributed by atoms with Crippen molar-refractivity contribution in [2.75, 3.05) is 45.8 Å². The molecule has 0 unspecified atom stereocenters. The lowest BCUT2D eigenvalue weighted by molar-refractivity contribution is -0.143. The van der Waals surface area contributed by atoms with Crippen molar-refractivity contribution >= 4 is 11.8 Å². The van der Waals surface area contributed by atoms with E-state index in [1.807, 2.05) is 35.2 Å². The van der Waals surface area contributed by atoms with Gasteiger partial charge >= 0.3 is 12.4 Å². The standard InChI is InChI=1S/C34H35F6N5O2/c35-33(36,37)26-16-25(17-27(18-26)34(38,39)40)32(47)45-10-8-28(19-29(45)15-23-5-2-1-3-6-23)42-11-13-43(14-12-42)30-21-44(22-30)31(46)24-7-4-9-41-20-24/h1-7,9,16-18,20,28-30H,8,10-15,19,21-22H2/t28-,29+/m0/s1. The molecule has 3 aliphatic rings. The van der Waals surface area contributed by atoms with Crippen LogP contribution in [0.4, 0.5) is 26.3 Å². The normalized spacial score (nSPS) is 21.8. The van der Waals surface area contributed by atoms with Crippen molar-refractivity contribution in [3.63, 3.8) is 0 Å². The molecule has 0 aliphatic carbocycles. The van der Waals surface area contributed by atoms with Crippen LogP contribution < -0.4 is 0 Å². The van der Waals surface area contributed by atoms with Gasteiger partial charge in [0.2, 0.25) is 0 Å². The highest BCUT2D eigenvalue weighted by Crippen LogP contribution is 2.37. The van der Waals surface area contributed by atoms with Gasteiger partial charge in [0, 0.05) is 81.9 Å². The molecule has 0 bridgehead atoms. The zero-order valence-corrected chi connectivity index (χ0v) is 25.6. The molecule has 13 heteroatoms. The number of hydrogen-bond donors (Lipinski definition) is 0. The van der Waals surface area contributed by atoms with Crippen LogP contribution in [0.5, 0.6) is 0 Å². The highest BCUT2D eigenvalue weighted by atomic mass is 19.4. The van der Waals surface area contributed by atoms with E-state index in [9.17, 15) is 35.9 Å². The minimum atomic E-state index is -5.04. The molecule has 3 aromatic rings. The summed E-state index contributed by atoms with van der Waals surface area (Å²) in [5, 5.41) is 0. The Labute approximate surface area is 268 Å². The molecule has 2 aromatic carbocycles. The fourth-order valence-electron chi connectivity index (χ4n) is 6.94. The summed E-state index contributed by atoms with van der Waals surface area (Å²) in [6.07, 6.45) is -5.36. The van der Waals surface area contributed by atoms with E-state index in [0.717, 1.165) is 31.7 Å².